The highest BCUT2D eigenvalue weighted by Gasteiger charge is 2.60. The summed E-state index contributed by atoms with van der Waals surface area (Å²) < 4.78 is 38.7. The second-order valence-electron chi connectivity index (χ2n) is 12.6. The largest absolute Gasteiger partial charge is 0.391 e. The van der Waals surface area contributed by atoms with E-state index in [0.29, 0.717) is 22.7 Å². The lowest BCUT2D eigenvalue weighted by Gasteiger charge is -2.62. The van der Waals surface area contributed by atoms with Gasteiger partial charge in [-0.15, -0.1) is 0 Å². The Bertz CT molecular complexity index is 647. The number of hydrogen-bond acceptors (Lipinski definition) is 1. The summed E-state index contributed by atoms with van der Waals surface area (Å²) in [5.41, 5.74) is 0.280. The zero-order valence-electron chi connectivity index (χ0n) is 22.2. The molecular formula is C29H51F3O. The number of rotatable bonds is 5. The van der Waals surface area contributed by atoms with E-state index >= 15 is 0 Å². The molecule has 0 aromatic rings. The minimum Gasteiger partial charge on any atom is -0.390 e. The van der Waals surface area contributed by atoms with E-state index in [1.807, 2.05) is 13.8 Å². The zero-order valence-corrected chi connectivity index (χ0v) is 22.2. The molecule has 4 saturated carbocycles. The van der Waals surface area contributed by atoms with E-state index in [1.165, 1.54) is 51.9 Å². The summed E-state index contributed by atoms with van der Waals surface area (Å²) >= 11 is 0. The minimum atomic E-state index is -4.04. The van der Waals surface area contributed by atoms with E-state index in [4.69, 9.17) is 0 Å². The molecule has 0 amide bonds. The van der Waals surface area contributed by atoms with Gasteiger partial charge in [0.1, 0.15) is 0 Å². The van der Waals surface area contributed by atoms with Crippen molar-refractivity contribution >= 4 is 0 Å². The fourth-order valence-electron chi connectivity index (χ4n) is 9.06. The summed E-state index contributed by atoms with van der Waals surface area (Å²) in [5.74, 6) is 2.46. The van der Waals surface area contributed by atoms with Crippen molar-refractivity contribution in [3.63, 3.8) is 0 Å². The van der Waals surface area contributed by atoms with Gasteiger partial charge >= 0.3 is 6.18 Å². The molecular weight excluding hydrogens is 421 g/mol. The molecule has 0 aromatic carbocycles. The molecule has 1 N–H and O–H groups in total. The second-order valence-corrected chi connectivity index (χ2v) is 12.6. The van der Waals surface area contributed by atoms with E-state index in [2.05, 4.69) is 20.8 Å². The molecule has 194 valence electrons. The molecule has 0 heterocycles. The van der Waals surface area contributed by atoms with Gasteiger partial charge in [-0.3, -0.25) is 0 Å². The SMILES string of the molecule is CC.CC[C@]1(O)CCC2(C)C3CCC4(C)C(CCCC(C)C(F)(F)F)CCC4C3CC[C@H]2C1. The average Bonchev–Trinajstić information content (AvgIpc) is 3.11. The summed E-state index contributed by atoms with van der Waals surface area (Å²) in [4.78, 5) is 0. The Morgan fingerprint density at radius 3 is 2.21 bits per heavy atom. The van der Waals surface area contributed by atoms with Gasteiger partial charge in [0.2, 0.25) is 0 Å². The molecule has 4 aliphatic rings. The number of halogens is 3. The first kappa shape index (κ1) is 27.3. The highest BCUT2D eigenvalue weighted by Crippen LogP contribution is 2.68. The van der Waals surface area contributed by atoms with E-state index in [1.54, 1.807) is 0 Å². The van der Waals surface area contributed by atoms with Gasteiger partial charge in [0.15, 0.2) is 0 Å². The molecule has 7 unspecified atom stereocenters. The molecule has 4 fully saturated rings. The fraction of sp³-hybridized carbons (Fsp3) is 1.00. The summed E-state index contributed by atoms with van der Waals surface area (Å²) in [5, 5.41) is 11.0. The Morgan fingerprint density at radius 1 is 0.909 bits per heavy atom. The summed E-state index contributed by atoms with van der Waals surface area (Å²) in [7, 11) is 0. The first-order valence-corrected chi connectivity index (χ1v) is 14.2. The molecule has 33 heavy (non-hydrogen) atoms. The third-order valence-electron chi connectivity index (χ3n) is 11.4. The van der Waals surface area contributed by atoms with Gasteiger partial charge in [0.05, 0.1) is 11.5 Å². The Balaban J connectivity index is 0.00000149. The number of fused-ring (bicyclic) bond motifs is 5. The van der Waals surface area contributed by atoms with Crippen LogP contribution in [0.3, 0.4) is 0 Å². The predicted octanol–water partition coefficient (Wildman–Crippen LogP) is 9.18. The third kappa shape index (κ3) is 5.03. The van der Waals surface area contributed by atoms with Crippen LogP contribution in [0.15, 0.2) is 0 Å². The molecule has 4 heteroatoms. The lowest BCUT2D eigenvalue weighted by atomic mass is 9.43. The highest BCUT2D eigenvalue weighted by molar-refractivity contribution is 5.10. The lowest BCUT2D eigenvalue weighted by molar-refractivity contribution is -0.171. The normalized spacial score (nSPS) is 45.8. The van der Waals surface area contributed by atoms with Crippen LogP contribution in [0.25, 0.3) is 0 Å². The molecule has 9 atom stereocenters. The summed E-state index contributed by atoms with van der Waals surface area (Å²) in [6.45, 7) is 12.5. The maximum atomic E-state index is 12.9. The molecule has 0 saturated heterocycles. The molecule has 0 aromatic heterocycles. The quantitative estimate of drug-likeness (QED) is 0.423. The topological polar surface area (TPSA) is 20.2 Å². The van der Waals surface area contributed by atoms with Crippen molar-refractivity contribution in [1.82, 2.24) is 0 Å². The fourth-order valence-corrected chi connectivity index (χ4v) is 9.06. The van der Waals surface area contributed by atoms with E-state index < -0.39 is 17.7 Å². The van der Waals surface area contributed by atoms with E-state index in [0.717, 1.165) is 49.9 Å². The molecule has 0 spiro atoms. The van der Waals surface area contributed by atoms with Crippen LogP contribution in [0.2, 0.25) is 0 Å². The molecule has 0 bridgehead atoms. The second kappa shape index (κ2) is 10.0. The Morgan fingerprint density at radius 2 is 1.58 bits per heavy atom. The van der Waals surface area contributed by atoms with Crippen molar-refractivity contribution in [2.75, 3.05) is 0 Å². The van der Waals surface area contributed by atoms with Crippen LogP contribution in [-0.2, 0) is 0 Å². The Kier molecular flexibility index (Phi) is 8.30. The van der Waals surface area contributed by atoms with Crippen LogP contribution in [0.1, 0.15) is 125 Å². The van der Waals surface area contributed by atoms with E-state index in [9.17, 15) is 18.3 Å². The maximum Gasteiger partial charge on any atom is 0.391 e. The van der Waals surface area contributed by atoms with Crippen molar-refractivity contribution in [1.29, 1.82) is 0 Å². The molecule has 4 aliphatic carbocycles. The third-order valence-corrected chi connectivity index (χ3v) is 11.4. The Labute approximate surface area is 201 Å². The van der Waals surface area contributed by atoms with Gasteiger partial charge in [-0.1, -0.05) is 48.0 Å². The zero-order chi connectivity index (χ0) is 24.7. The van der Waals surface area contributed by atoms with Gasteiger partial charge in [-0.25, -0.2) is 0 Å². The van der Waals surface area contributed by atoms with Crippen LogP contribution in [0.5, 0.6) is 0 Å². The predicted molar refractivity (Wildman–Crippen MR) is 131 cm³/mol. The molecule has 1 nitrogen and oxygen atoms in total. The van der Waals surface area contributed by atoms with Crippen molar-refractivity contribution in [2.24, 2.45) is 46.3 Å². The van der Waals surface area contributed by atoms with Crippen molar-refractivity contribution in [3.05, 3.63) is 0 Å². The van der Waals surface area contributed by atoms with Crippen molar-refractivity contribution in [3.8, 4) is 0 Å². The lowest BCUT2D eigenvalue weighted by Crippen LogP contribution is -2.55. The molecule has 4 rings (SSSR count). The van der Waals surface area contributed by atoms with Crippen LogP contribution < -0.4 is 0 Å². The summed E-state index contributed by atoms with van der Waals surface area (Å²) in [6.07, 6.45) is 9.58. The number of alkyl halides is 3. The number of aliphatic hydroxyl groups is 1. The van der Waals surface area contributed by atoms with Crippen LogP contribution in [0.4, 0.5) is 13.2 Å². The standard InChI is InChI=1S/C27H45F3O.C2H6/c1-5-26(31)16-15-25(4)20(17-26)9-11-21-22-12-10-19(24(22,3)14-13-23(21)25)8-6-7-18(2)27(28,29)30;1-2/h18-23,31H,5-17H2,1-4H3;1-2H3/t18?,19?,20-,21?,22?,23?,24?,25?,26-;/m0./s1. The van der Waals surface area contributed by atoms with Gasteiger partial charge in [0.25, 0.3) is 0 Å². The van der Waals surface area contributed by atoms with Crippen LogP contribution >= 0.6 is 0 Å². The Hall–Kier alpha value is -0.250. The first-order chi connectivity index (χ1) is 15.4. The van der Waals surface area contributed by atoms with Crippen molar-refractivity contribution < 1.29 is 18.3 Å². The molecule has 0 aliphatic heterocycles. The highest BCUT2D eigenvalue weighted by atomic mass is 19.4. The van der Waals surface area contributed by atoms with Gasteiger partial charge in [-0.2, -0.15) is 13.2 Å². The first-order valence-electron chi connectivity index (χ1n) is 14.2. The number of hydrogen-bond donors (Lipinski definition) is 1. The van der Waals surface area contributed by atoms with Gasteiger partial charge < -0.3 is 5.11 Å². The maximum absolute atomic E-state index is 12.9. The van der Waals surface area contributed by atoms with Gasteiger partial charge in [0, 0.05) is 0 Å². The molecule has 0 radical (unpaired) electrons. The van der Waals surface area contributed by atoms with Crippen LogP contribution in [0, 0.1) is 46.3 Å². The van der Waals surface area contributed by atoms with Gasteiger partial charge in [-0.05, 0) is 117 Å². The smallest absolute Gasteiger partial charge is 0.390 e. The minimum absolute atomic E-state index is 0.285. The monoisotopic (exact) mass is 472 g/mol. The van der Waals surface area contributed by atoms with Crippen LogP contribution in [-0.4, -0.2) is 16.9 Å². The van der Waals surface area contributed by atoms with E-state index in [-0.39, 0.29) is 6.42 Å². The summed E-state index contributed by atoms with van der Waals surface area (Å²) in [6, 6.07) is 0. The average molecular weight is 473 g/mol. The van der Waals surface area contributed by atoms with Crippen molar-refractivity contribution in [2.45, 2.75) is 137 Å².